The Hall–Kier alpha value is -1.75. The summed E-state index contributed by atoms with van der Waals surface area (Å²) in [6, 6.07) is 5.66. The van der Waals surface area contributed by atoms with Crippen molar-refractivity contribution in [3.8, 4) is 11.5 Å². The molecule has 0 unspecified atom stereocenters. The largest absolute Gasteiger partial charge is 0.454 e. The van der Waals surface area contributed by atoms with Gasteiger partial charge in [0.1, 0.15) is 0 Å². The summed E-state index contributed by atoms with van der Waals surface area (Å²) in [5.74, 6) is 1.98. The number of fused-ring (bicyclic) bond motifs is 2. The lowest BCUT2D eigenvalue weighted by Crippen LogP contribution is -2.54. The first-order valence-electron chi connectivity index (χ1n) is 8.21. The van der Waals surface area contributed by atoms with Gasteiger partial charge >= 0.3 is 0 Å². The normalized spacial score (nSPS) is 30.0. The third-order valence-corrected chi connectivity index (χ3v) is 5.86. The molecule has 1 aliphatic carbocycles. The molecule has 3 aliphatic rings. The minimum atomic E-state index is -0.0754. The van der Waals surface area contributed by atoms with E-state index in [0.717, 1.165) is 24.3 Å². The van der Waals surface area contributed by atoms with Crippen molar-refractivity contribution in [2.45, 2.75) is 26.7 Å². The lowest BCUT2D eigenvalue weighted by Gasteiger charge is -2.55. The first kappa shape index (κ1) is 14.8. The molecular weight excluding hydrogens is 294 g/mol. The molecule has 2 atom stereocenters. The van der Waals surface area contributed by atoms with Crippen LogP contribution in [0.15, 0.2) is 18.2 Å². The third kappa shape index (κ3) is 2.21. The first-order valence-corrected chi connectivity index (χ1v) is 8.21. The van der Waals surface area contributed by atoms with Gasteiger partial charge in [0.2, 0.25) is 12.7 Å². The lowest BCUT2D eigenvalue weighted by molar-refractivity contribution is -0.130. The van der Waals surface area contributed by atoms with Crippen molar-refractivity contribution in [3.05, 3.63) is 23.8 Å². The van der Waals surface area contributed by atoms with Crippen LogP contribution >= 0.6 is 0 Å². The molecule has 5 nitrogen and oxygen atoms in total. The number of benzene rings is 1. The standard InChI is InChI=1S/C18H23NO4/c1-17(2)8-18(10-20)9-19(7-15(17)18)16(21)6-12-3-4-13-14(5-12)23-11-22-13/h3-5,15,20H,6-11H2,1-2H3/t15-,18-/m1/s1. The second-order valence-electron chi connectivity index (χ2n) is 7.88. The van der Waals surface area contributed by atoms with E-state index in [2.05, 4.69) is 13.8 Å². The van der Waals surface area contributed by atoms with E-state index in [-0.39, 0.29) is 30.1 Å². The van der Waals surface area contributed by atoms with Gasteiger partial charge in [0, 0.05) is 18.5 Å². The summed E-state index contributed by atoms with van der Waals surface area (Å²) in [7, 11) is 0. The summed E-state index contributed by atoms with van der Waals surface area (Å²) < 4.78 is 10.7. The van der Waals surface area contributed by atoms with Gasteiger partial charge in [-0.1, -0.05) is 19.9 Å². The van der Waals surface area contributed by atoms with E-state index in [1.54, 1.807) is 0 Å². The highest BCUT2D eigenvalue weighted by Gasteiger charge is 2.62. The summed E-state index contributed by atoms with van der Waals surface area (Å²) in [5.41, 5.74) is 1.08. The zero-order chi connectivity index (χ0) is 16.2. The molecule has 1 amide bonds. The quantitative estimate of drug-likeness (QED) is 0.924. The highest BCUT2D eigenvalue weighted by Crippen LogP contribution is 2.62. The number of ether oxygens (including phenoxy) is 2. The maximum Gasteiger partial charge on any atom is 0.231 e. The van der Waals surface area contributed by atoms with Crippen LogP contribution in [0, 0.1) is 16.7 Å². The molecule has 2 heterocycles. The van der Waals surface area contributed by atoms with Crippen LogP contribution in [0.5, 0.6) is 11.5 Å². The minimum absolute atomic E-state index is 0.0754. The zero-order valence-corrected chi connectivity index (χ0v) is 13.7. The monoisotopic (exact) mass is 317 g/mol. The fraction of sp³-hybridized carbons (Fsp3) is 0.611. The van der Waals surface area contributed by atoms with E-state index in [1.165, 1.54) is 0 Å². The van der Waals surface area contributed by atoms with Crippen molar-refractivity contribution in [1.82, 2.24) is 4.90 Å². The molecule has 2 fully saturated rings. The zero-order valence-electron chi connectivity index (χ0n) is 13.7. The molecule has 0 spiro atoms. The summed E-state index contributed by atoms with van der Waals surface area (Å²) >= 11 is 0. The third-order valence-electron chi connectivity index (χ3n) is 5.86. The minimum Gasteiger partial charge on any atom is -0.454 e. The summed E-state index contributed by atoms with van der Waals surface area (Å²) in [6.45, 7) is 6.33. The number of hydrogen-bond donors (Lipinski definition) is 1. The number of aliphatic hydroxyl groups excluding tert-OH is 1. The molecule has 0 radical (unpaired) electrons. The van der Waals surface area contributed by atoms with Crippen LogP contribution in [0.25, 0.3) is 0 Å². The molecule has 1 aromatic carbocycles. The van der Waals surface area contributed by atoms with Gasteiger partial charge in [-0.05, 0) is 35.4 Å². The van der Waals surface area contributed by atoms with E-state index in [4.69, 9.17) is 9.47 Å². The molecule has 4 rings (SSSR count). The fourth-order valence-electron chi connectivity index (χ4n) is 4.87. The molecule has 23 heavy (non-hydrogen) atoms. The predicted octanol–water partition coefficient (Wildman–Crippen LogP) is 1.82. The Kier molecular flexibility index (Phi) is 3.14. The van der Waals surface area contributed by atoms with Crippen molar-refractivity contribution in [1.29, 1.82) is 0 Å². The van der Waals surface area contributed by atoms with Gasteiger partial charge < -0.3 is 19.5 Å². The van der Waals surface area contributed by atoms with Gasteiger partial charge in [-0.15, -0.1) is 0 Å². The summed E-state index contributed by atoms with van der Waals surface area (Å²) in [4.78, 5) is 14.6. The Balaban J connectivity index is 1.46. The van der Waals surface area contributed by atoms with Crippen molar-refractivity contribution in [2.24, 2.45) is 16.7 Å². The van der Waals surface area contributed by atoms with E-state index in [9.17, 15) is 9.90 Å². The van der Waals surface area contributed by atoms with Crippen LogP contribution in [0.4, 0.5) is 0 Å². The highest BCUT2D eigenvalue weighted by molar-refractivity contribution is 5.79. The van der Waals surface area contributed by atoms with E-state index < -0.39 is 0 Å². The lowest BCUT2D eigenvalue weighted by atomic mass is 9.48. The van der Waals surface area contributed by atoms with E-state index in [0.29, 0.717) is 24.6 Å². The number of amides is 1. The van der Waals surface area contributed by atoms with E-state index >= 15 is 0 Å². The van der Waals surface area contributed by atoms with Gasteiger partial charge in [0.25, 0.3) is 0 Å². The molecule has 1 saturated heterocycles. The van der Waals surface area contributed by atoms with Crippen molar-refractivity contribution in [3.63, 3.8) is 0 Å². The number of likely N-dealkylation sites (tertiary alicyclic amines) is 1. The average Bonchev–Trinajstić information content (AvgIpc) is 3.09. The van der Waals surface area contributed by atoms with Crippen LogP contribution < -0.4 is 9.47 Å². The molecule has 1 saturated carbocycles. The SMILES string of the molecule is CC1(C)C[C@]2(CO)CN(C(=O)Cc3ccc4c(c3)OCO4)C[C@H]12. The van der Waals surface area contributed by atoms with E-state index in [1.807, 2.05) is 23.1 Å². The van der Waals surface area contributed by atoms with Crippen LogP contribution in [0.1, 0.15) is 25.8 Å². The molecule has 0 bridgehead atoms. The number of carbonyl (C=O) groups is 1. The topological polar surface area (TPSA) is 59.0 Å². The molecule has 124 valence electrons. The molecule has 1 aromatic rings. The van der Waals surface area contributed by atoms with Crippen LogP contribution in [0.2, 0.25) is 0 Å². The maximum absolute atomic E-state index is 12.7. The van der Waals surface area contributed by atoms with Gasteiger partial charge in [-0.25, -0.2) is 0 Å². The van der Waals surface area contributed by atoms with Crippen LogP contribution in [0.3, 0.4) is 0 Å². The second-order valence-corrected chi connectivity index (χ2v) is 7.88. The van der Waals surface area contributed by atoms with Gasteiger partial charge in [-0.2, -0.15) is 0 Å². The summed E-state index contributed by atoms with van der Waals surface area (Å²) in [6.07, 6.45) is 1.36. The molecular formula is C18H23NO4. The first-order chi connectivity index (χ1) is 10.9. The molecule has 1 N–H and O–H groups in total. The molecule has 2 aliphatic heterocycles. The van der Waals surface area contributed by atoms with Crippen molar-refractivity contribution < 1.29 is 19.4 Å². The molecule has 0 aromatic heterocycles. The summed E-state index contributed by atoms with van der Waals surface area (Å²) in [5, 5.41) is 9.81. The van der Waals surface area contributed by atoms with Gasteiger partial charge in [0.15, 0.2) is 11.5 Å². The highest BCUT2D eigenvalue weighted by atomic mass is 16.7. The number of aliphatic hydroxyl groups is 1. The number of rotatable bonds is 3. The van der Waals surface area contributed by atoms with Gasteiger partial charge in [0.05, 0.1) is 13.0 Å². The Morgan fingerprint density at radius 2 is 2.13 bits per heavy atom. The second kappa shape index (κ2) is 4.87. The van der Waals surface area contributed by atoms with Gasteiger partial charge in [-0.3, -0.25) is 4.79 Å². The van der Waals surface area contributed by atoms with Crippen molar-refractivity contribution in [2.75, 3.05) is 26.5 Å². The molecule has 5 heteroatoms. The number of carbonyl (C=O) groups excluding carboxylic acids is 1. The Labute approximate surface area is 136 Å². The Morgan fingerprint density at radius 1 is 1.35 bits per heavy atom. The fourth-order valence-corrected chi connectivity index (χ4v) is 4.87. The number of hydrogen-bond acceptors (Lipinski definition) is 4. The average molecular weight is 317 g/mol. The Bertz CT molecular complexity index is 656. The van der Waals surface area contributed by atoms with Crippen molar-refractivity contribution >= 4 is 5.91 Å². The number of nitrogens with zero attached hydrogens (tertiary/aromatic N) is 1. The van der Waals surface area contributed by atoms with Crippen LogP contribution in [-0.4, -0.2) is 42.4 Å². The Morgan fingerprint density at radius 3 is 2.83 bits per heavy atom. The maximum atomic E-state index is 12.7. The predicted molar refractivity (Wildman–Crippen MR) is 84.3 cm³/mol. The van der Waals surface area contributed by atoms with Crippen LogP contribution in [-0.2, 0) is 11.2 Å². The smallest absolute Gasteiger partial charge is 0.231 e.